The van der Waals surface area contributed by atoms with Crippen LogP contribution in [0.2, 0.25) is 0 Å². The van der Waals surface area contributed by atoms with Crippen molar-refractivity contribution in [3.8, 4) is 0 Å². The molecule has 1 saturated carbocycles. The van der Waals surface area contributed by atoms with Crippen molar-refractivity contribution in [3.05, 3.63) is 71.8 Å². The van der Waals surface area contributed by atoms with Crippen LogP contribution in [0.4, 0.5) is 0 Å². The summed E-state index contributed by atoms with van der Waals surface area (Å²) in [7, 11) is 0. The molecule has 1 nitrogen and oxygen atoms in total. The van der Waals surface area contributed by atoms with Gasteiger partial charge < -0.3 is 0 Å². The third-order valence-corrected chi connectivity index (χ3v) is 4.87. The first kappa shape index (κ1) is 14.1. The number of hydrogen-bond donors (Lipinski definition) is 0. The number of carbonyl (C=O) groups excluding carboxylic acids is 1. The fourth-order valence-electron chi connectivity index (χ4n) is 3.75. The Morgan fingerprint density at radius 2 is 1.43 bits per heavy atom. The van der Waals surface area contributed by atoms with Gasteiger partial charge in [0.15, 0.2) is 0 Å². The van der Waals surface area contributed by atoms with E-state index in [-0.39, 0.29) is 5.92 Å². The standard InChI is InChI=1S/C20H22O/c1-15(21)20-14-18(16-8-4-2-5-9-16)12-13-19(20)17-10-6-3-7-11-17/h2-11,18-20H,12-14H2,1H3/t18-,19+,20+/m0/s1. The summed E-state index contributed by atoms with van der Waals surface area (Å²) in [4.78, 5) is 12.2. The normalized spacial score (nSPS) is 25.5. The molecule has 1 aliphatic carbocycles. The lowest BCUT2D eigenvalue weighted by Crippen LogP contribution is -2.27. The average molecular weight is 278 g/mol. The first-order valence-electron chi connectivity index (χ1n) is 7.86. The van der Waals surface area contributed by atoms with Crippen LogP contribution in [0.5, 0.6) is 0 Å². The van der Waals surface area contributed by atoms with E-state index in [1.807, 2.05) is 6.07 Å². The van der Waals surface area contributed by atoms with Gasteiger partial charge in [0.2, 0.25) is 0 Å². The third kappa shape index (κ3) is 3.07. The van der Waals surface area contributed by atoms with Crippen LogP contribution in [0.15, 0.2) is 60.7 Å². The minimum absolute atomic E-state index is 0.159. The molecule has 21 heavy (non-hydrogen) atoms. The van der Waals surface area contributed by atoms with Crippen LogP contribution in [0.3, 0.4) is 0 Å². The molecule has 3 atom stereocenters. The highest BCUT2D eigenvalue weighted by molar-refractivity contribution is 5.79. The maximum atomic E-state index is 12.2. The van der Waals surface area contributed by atoms with Crippen molar-refractivity contribution < 1.29 is 4.79 Å². The zero-order valence-corrected chi connectivity index (χ0v) is 12.5. The molecule has 1 heteroatoms. The molecular weight excluding hydrogens is 256 g/mol. The largest absolute Gasteiger partial charge is 0.300 e. The molecule has 2 aromatic carbocycles. The Morgan fingerprint density at radius 1 is 0.857 bits per heavy atom. The number of Topliss-reactive ketones (excluding diaryl/α,β-unsaturated/α-hetero) is 1. The molecule has 0 radical (unpaired) electrons. The van der Waals surface area contributed by atoms with Gasteiger partial charge in [0.05, 0.1) is 0 Å². The van der Waals surface area contributed by atoms with Crippen LogP contribution < -0.4 is 0 Å². The van der Waals surface area contributed by atoms with Gasteiger partial charge in [0, 0.05) is 5.92 Å². The molecular formula is C20H22O. The predicted molar refractivity (Wildman–Crippen MR) is 86.4 cm³/mol. The van der Waals surface area contributed by atoms with Crippen LogP contribution in [-0.2, 0) is 4.79 Å². The molecule has 3 rings (SSSR count). The average Bonchev–Trinajstić information content (AvgIpc) is 2.56. The van der Waals surface area contributed by atoms with Crippen molar-refractivity contribution in [2.45, 2.75) is 38.0 Å². The first-order valence-corrected chi connectivity index (χ1v) is 7.86. The molecule has 2 aromatic rings. The van der Waals surface area contributed by atoms with E-state index in [4.69, 9.17) is 0 Å². The number of ketones is 1. The third-order valence-electron chi connectivity index (χ3n) is 4.87. The van der Waals surface area contributed by atoms with Crippen LogP contribution in [0.1, 0.15) is 49.1 Å². The predicted octanol–water partition coefficient (Wildman–Crippen LogP) is 4.94. The van der Waals surface area contributed by atoms with Crippen molar-refractivity contribution in [2.75, 3.05) is 0 Å². The summed E-state index contributed by atoms with van der Waals surface area (Å²) in [5.41, 5.74) is 2.71. The molecule has 0 aromatic heterocycles. The molecule has 1 aliphatic rings. The quantitative estimate of drug-likeness (QED) is 0.777. The van der Waals surface area contributed by atoms with Crippen molar-refractivity contribution in [1.29, 1.82) is 0 Å². The number of benzene rings is 2. The van der Waals surface area contributed by atoms with Crippen molar-refractivity contribution >= 4 is 5.78 Å². The number of carbonyl (C=O) groups is 1. The smallest absolute Gasteiger partial charge is 0.133 e. The molecule has 1 fully saturated rings. The summed E-state index contributed by atoms with van der Waals surface area (Å²) in [6.45, 7) is 1.76. The maximum absolute atomic E-state index is 12.2. The molecule has 0 N–H and O–H groups in total. The first-order chi connectivity index (χ1) is 10.3. The lowest BCUT2D eigenvalue weighted by Gasteiger charge is -2.35. The molecule has 108 valence electrons. The van der Waals surface area contributed by atoms with Gasteiger partial charge in [0.1, 0.15) is 5.78 Å². The lowest BCUT2D eigenvalue weighted by molar-refractivity contribution is -0.122. The molecule has 0 unspecified atom stereocenters. The minimum atomic E-state index is 0.159. The highest BCUT2D eigenvalue weighted by Gasteiger charge is 2.34. The summed E-state index contributed by atoms with van der Waals surface area (Å²) in [6.07, 6.45) is 3.26. The molecule has 0 aliphatic heterocycles. The van der Waals surface area contributed by atoms with Gasteiger partial charge in [0.25, 0.3) is 0 Å². The van der Waals surface area contributed by atoms with Gasteiger partial charge in [-0.15, -0.1) is 0 Å². The number of hydrogen-bond acceptors (Lipinski definition) is 1. The van der Waals surface area contributed by atoms with Gasteiger partial charge in [-0.3, -0.25) is 4.79 Å². The van der Waals surface area contributed by atoms with E-state index in [0.29, 0.717) is 17.6 Å². The van der Waals surface area contributed by atoms with E-state index in [1.165, 1.54) is 17.5 Å². The van der Waals surface area contributed by atoms with Crippen LogP contribution in [0, 0.1) is 5.92 Å². The maximum Gasteiger partial charge on any atom is 0.133 e. The summed E-state index contributed by atoms with van der Waals surface area (Å²) < 4.78 is 0. The second-order valence-corrected chi connectivity index (χ2v) is 6.15. The summed E-state index contributed by atoms with van der Waals surface area (Å²) in [5, 5.41) is 0. The SMILES string of the molecule is CC(=O)[C@H]1C[C@@H](c2ccccc2)CC[C@@H]1c1ccccc1. The molecule has 0 amide bonds. The van der Waals surface area contributed by atoms with E-state index >= 15 is 0 Å². The fourth-order valence-corrected chi connectivity index (χ4v) is 3.75. The Kier molecular flexibility index (Phi) is 4.19. The summed E-state index contributed by atoms with van der Waals surface area (Å²) in [5.74, 6) is 1.42. The van der Waals surface area contributed by atoms with Crippen LogP contribution >= 0.6 is 0 Å². The molecule has 0 spiro atoms. The van der Waals surface area contributed by atoms with Gasteiger partial charge >= 0.3 is 0 Å². The zero-order chi connectivity index (χ0) is 14.7. The summed E-state index contributed by atoms with van der Waals surface area (Å²) in [6, 6.07) is 21.2. The highest BCUT2D eigenvalue weighted by atomic mass is 16.1. The Balaban J connectivity index is 1.83. The van der Waals surface area contributed by atoms with Crippen molar-refractivity contribution in [1.82, 2.24) is 0 Å². The second-order valence-electron chi connectivity index (χ2n) is 6.15. The van der Waals surface area contributed by atoms with Crippen molar-refractivity contribution in [3.63, 3.8) is 0 Å². The van der Waals surface area contributed by atoms with E-state index in [9.17, 15) is 4.79 Å². The monoisotopic (exact) mass is 278 g/mol. The van der Waals surface area contributed by atoms with Gasteiger partial charge in [-0.25, -0.2) is 0 Å². The van der Waals surface area contributed by atoms with Crippen molar-refractivity contribution in [2.24, 2.45) is 5.92 Å². The Labute approximate surface area is 127 Å². The van der Waals surface area contributed by atoms with Crippen LogP contribution in [0.25, 0.3) is 0 Å². The van der Waals surface area contributed by atoms with Gasteiger partial charge in [-0.1, -0.05) is 60.7 Å². The summed E-state index contributed by atoms with van der Waals surface area (Å²) >= 11 is 0. The number of rotatable bonds is 3. The van der Waals surface area contributed by atoms with E-state index in [2.05, 4.69) is 54.6 Å². The molecule has 0 heterocycles. The highest BCUT2D eigenvalue weighted by Crippen LogP contribution is 2.44. The Hall–Kier alpha value is -1.89. The van der Waals surface area contributed by atoms with Crippen LogP contribution in [-0.4, -0.2) is 5.78 Å². The minimum Gasteiger partial charge on any atom is -0.300 e. The van der Waals surface area contributed by atoms with E-state index in [0.717, 1.165) is 12.8 Å². The zero-order valence-electron chi connectivity index (χ0n) is 12.5. The lowest BCUT2D eigenvalue weighted by atomic mass is 9.68. The fraction of sp³-hybridized carbons (Fsp3) is 0.350. The van der Waals surface area contributed by atoms with E-state index in [1.54, 1.807) is 6.92 Å². The molecule has 0 saturated heterocycles. The molecule has 0 bridgehead atoms. The Morgan fingerprint density at radius 3 is 2.00 bits per heavy atom. The van der Waals surface area contributed by atoms with Gasteiger partial charge in [-0.05, 0) is 49.1 Å². The topological polar surface area (TPSA) is 17.1 Å². The second kappa shape index (κ2) is 6.26. The Bertz CT molecular complexity index is 588. The van der Waals surface area contributed by atoms with Gasteiger partial charge in [-0.2, -0.15) is 0 Å². The van der Waals surface area contributed by atoms with E-state index < -0.39 is 0 Å².